The first-order valence-electron chi connectivity index (χ1n) is 13.3. The van der Waals surface area contributed by atoms with Gasteiger partial charge < -0.3 is 40.9 Å². The second-order valence-corrected chi connectivity index (χ2v) is 14.4. The fourth-order valence-electron chi connectivity index (χ4n) is 6.20. The van der Waals surface area contributed by atoms with Crippen LogP contribution in [0.5, 0.6) is 0 Å². The van der Waals surface area contributed by atoms with Gasteiger partial charge in [-0.25, -0.2) is 24.5 Å². The molecule has 240 valence electrons. The molecule has 4 aromatic rings. The molecule has 4 aliphatic rings. The summed E-state index contributed by atoms with van der Waals surface area (Å²) in [6.45, 7) is -0.776. The molecular weight excluding hydrogens is 646 g/mol. The highest BCUT2D eigenvalue weighted by Crippen LogP contribution is 2.71. The molecule has 0 amide bonds. The Labute approximate surface area is 249 Å². The van der Waals surface area contributed by atoms with Gasteiger partial charge in [-0.05, 0) is 6.42 Å². The molecule has 22 nitrogen and oxygen atoms in total. The Kier molecular flexibility index (Phi) is 6.17. The molecule has 4 fully saturated rings. The maximum Gasteiger partial charge on any atom is 0.472 e. The Bertz CT molecular complexity index is 2020. The molecule has 4 aromatic heterocycles. The summed E-state index contributed by atoms with van der Waals surface area (Å²) in [7, 11) is -9.84. The molecule has 1 spiro atoms. The number of aliphatic hydroxyl groups excluding tert-OH is 2. The number of rotatable bonds is 2. The minimum Gasteiger partial charge on any atom is -0.387 e. The number of fused-ring (bicyclic) bond motifs is 4. The molecule has 24 heteroatoms. The lowest BCUT2D eigenvalue weighted by molar-refractivity contribution is -0.0590. The Morgan fingerprint density at radius 1 is 0.978 bits per heavy atom. The van der Waals surface area contributed by atoms with E-state index >= 15 is 0 Å². The molecule has 2 bridgehead atoms. The third-order valence-electron chi connectivity index (χ3n) is 8.37. The smallest absolute Gasteiger partial charge is 0.387 e. The van der Waals surface area contributed by atoms with E-state index in [1.165, 1.54) is 17.2 Å². The van der Waals surface area contributed by atoms with Crippen LogP contribution >= 0.6 is 15.4 Å². The van der Waals surface area contributed by atoms with Gasteiger partial charge in [-0.1, -0.05) is 0 Å². The molecule has 3 aliphatic heterocycles. The first kappa shape index (κ1) is 29.0. The van der Waals surface area contributed by atoms with Crippen molar-refractivity contribution in [1.29, 1.82) is 0 Å². The molecule has 0 radical (unpaired) electrons. The van der Waals surface area contributed by atoms with E-state index in [0.29, 0.717) is 0 Å². The molecule has 9 N–H and O–H groups in total. The van der Waals surface area contributed by atoms with Crippen molar-refractivity contribution in [3.63, 3.8) is 0 Å². The summed E-state index contributed by atoms with van der Waals surface area (Å²) < 4.78 is 57.7. The van der Waals surface area contributed by atoms with Gasteiger partial charge in [0.15, 0.2) is 35.1 Å². The fourth-order valence-corrected chi connectivity index (χ4v) is 9.16. The summed E-state index contributed by atoms with van der Waals surface area (Å²) in [6, 6.07) is 0. The van der Waals surface area contributed by atoms with Gasteiger partial charge >= 0.3 is 15.4 Å². The number of hydrogen-bond acceptors (Lipinski definition) is 17. The lowest BCUT2D eigenvalue weighted by Gasteiger charge is -2.27. The van der Waals surface area contributed by atoms with E-state index in [-0.39, 0.29) is 40.5 Å². The summed E-state index contributed by atoms with van der Waals surface area (Å²) in [4.78, 5) is 56.7. The van der Waals surface area contributed by atoms with Crippen LogP contribution in [0.15, 0.2) is 23.8 Å². The monoisotopic (exact) mass is 670 g/mol. The van der Waals surface area contributed by atoms with Crippen molar-refractivity contribution in [3.8, 4) is 0 Å². The fraction of sp³-hybridized carbons (Fsp3) is 0.524. The molecule has 2 unspecified atom stereocenters. The first-order valence-corrected chi connectivity index (χ1v) is 16.5. The highest BCUT2D eigenvalue weighted by atomic mass is 31.2. The number of nitrogens with one attached hydrogen (secondary N) is 1. The van der Waals surface area contributed by atoms with Crippen molar-refractivity contribution in [1.82, 2.24) is 39.0 Å². The van der Waals surface area contributed by atoms with Crippen molar-refractivity contribution in [2.24, 2.45) is 0 Å². The van der Waals surface area contributed by atoms with E-state index in [0.717, 1.165) is 10.9 Å². The number of H-pyrrole nitrogens is 1. The van der Waals surface area contributed by atoms with Gasteiger partial charge in [-0.15, -0.1) is 0 Å². The summed E-state index contributed by atoms with van der Waals surface area (Å²) in [5, 5.41) is 22.6. The van der Waals surface area contributed by atoms with E-state index in [1.807, 2.05) is 0 Å². The highest BCUT2D eigenvalue weighted by Gasteiger charge is 2.76. The second kappa shape index (κ2) is 9.56. The topological polar surface area (TPSA) is 320 Å². The molecule has 45 heavy (non-hydrogen) atoms. The van der Waals surface area contributed by atoms with Crippen LogP contribution in [-0.2, 0) is 32.2 Å². The average molecular weight is 670 g/mol. The molecule has 7 heterocycles. The summed E-state index contributed by atoms with van der Waals surface area (Å²) in [5.41, 5.74) is 7.73. The largest absolute Gasteiger partial charge is 0.472 e. The molecular formula is C21H24N10O12P2. The minimum atomic E-state index is -5.07. The van der Waals surface area contributed by atoms with Crippen molar-refractivity contribution in [2.45, 2.75) is 60.7 Å². The van der Waals surface area contributed by atoms with E-state index < -0.39 is 81.8 Å². The number of nitrogen functional groups attached to an aromatic ring is 2. The quantitative estimate of drug-likeness (QED) is 0.112. The zero-order valence-electron chi connectivity index (χ0n) is 22.5. The van der Waals surface area contributed by atoms with Gasteiger partial charge in [0.25, 0.3) is 5.56 Å². The minimum absolute atomic E-state index is 0.0521. The lowest BCUT2D eigenvalue weighted by Crippen LogP contribution is -2.39. The molecule has 11 atom stereocenters. The van der Waals surface area contributed by atoms with Crippen LogP contribution in [0.25, 0.3) is 22.3 Å². The van der Waals surface area contributed by atoms with Crippen LogP contribution in [-0.4, -0.2) is 107 Å². The van der Waals surface area contributed by atoms with Gasteiger partial charge in [-0.3, -0.25) is 37.0 Å². The van der Waals surface area contributed by atoms with Gasteiger partial charge in [0.05, 0.1) is 24.9 Å². The van der Waals surface area contributed by atoms with Crippen LogP contribution in [0, 0.1) is 0 Å². The van der Waals surface area contributed by atoms with Crippen LogP contribution in [0.4, 0.5) is 11.8 Å². The summed E-state index contributed by atoms with van der Waals surface area (Å²) in [6.07, 6.45) is -7.67. The number of imidazole rings is 2. The Morgan fingerprint density at radius 3 is 2.49 bits per heavy atom. The lowest BCUT2D eigenvalue weighted by atomic mass is 10.1. The number of nitrogens with two attached hydrogens (primary N) is 2. The summed E-state index contributed by atoms with van der Waals surface area (Å²) >= 11 is 0. The van der Waals surface area contributed by atoms with Gasteiger partial charge in [0.1, 0.15) is 48.0 Å². The van der Waals surface area contributed by atoms with Crippen LogP contribution in [0.3, 0.4) is 0 Å². The Hall–Kier alpha value is -3.40. The number of phosphoric ester groups is 1. The van der Waals surface area contributed by atoms with Crippen LogP contribution < -0.4 is 17.0 Å². The van der Waals surface area contributed by atoms with Gasteiger partial charge in [0.2, 0.25) is 5.95 Å². The van der Waals surface area contributed by atoms with E-state index in [2.05, 4.69) is 29.9 Å². The third kappa shape index (κ3) is 4.30. The molecule has 3 saturated heterocycles. The zero-order chi connectivity index (χ0) is 31.6. The predicted molar refractivity (Wildman–Crippen MR) is 145 cm³/mol. The SMILES string of the molecule is Nc1nc2c(ncn2[C@@H]2O[C@@]34C[C@@H]3P(=O)(O)O[C@H]3[C@@H](O)[C@H](n5cnc6c(N)ncnc65)O[C@@H]3COP(=O)(O)O[C@@H]2[C@@H]4O)c(=O)[nH]1. The standard InChI is InChI=1S/C21H24N10O12P2/c22-14-8-15(25-3-24-14)30(4-26-8)18-10(32)11-6(40-18)2-39-45(37,38)43-12-13(33)21(1-7(21)44(35,36)42-11)41-19(12)31-5-27-9-16(31)28-20(23)29-17(9)34/h3-7,10-13,18-19,32-33H,1-2H2,(H,35,36)(H,37,38)(H2,22,24,25)(H3,23,28,29,34)/t6-,7+,10-,11-,12-,13+,18-,19-,21+/m1/s1. The maximum absolute atomic E-state index is 13.8. The number of anilines is 2. The highest BCUT2D eigenvalue weighted by molar-refractivity contribution is 7.54. The van der Waals surface area contributed by atoms with E-state index in [9.17, 15) is 33.9 Å². The number of hydrogen-bond donors (Lipinski definition) is 7. The number of aromatic nitrogens is 8. The predicted octanol–water partition coefficient (Wildman–Crippen LogP) is -2.13. The second-order valence-electron chi connectivity index (χ2n) is 11.0. The van der Waals surface area contributed by atoms with E-state index in [4.69, 9.17) is 34.5 Å². The summed E-state index contributed by atoms with van der Waals surface area (Å²) in [5.74, 6) is -0.223. The van der Waals surface area contributed by atoms with Crippen LogP contribution in [0.1, 0.15) is 18.9 Å². The Balaban J connectivity index is 1.16. The average Bonchev–Trinajstić information content (AvgIpc) is 3.22. The molecule has 8 rings (SSSR count). The Morgan fingerprint density at radius 2 is 1.71 bits per heavy atom. The molecule has 0 aromatic carbocycles. The number of ether oxygens (including phenoxy) is 2. The number of aliphatic hydroxyl groups is 2. The zero-order valence-corrected chi connectivity index (χ0v) is 24.3. The van der Waals surface area contributed by atoms with Crippen molar-refractivity contribution < 1.29 is 52.2 Å². The molecule has 1 saturated carbocycles. The van der Waals surface area contributed by atoms with Gasteiger partial charge in [0, 0.05) is 0 Å². The third-order valence-corrected chi connectivity index (χ3v) is 11.3. The maximum atomic E-state index is 13.8. The van der Waals surface area contributed by atoms with Crippen molar-refractivity contribution in [2.75, 3.05) is 18.1 Å². The van der Waals surface area contributed by atoms with E-state index in [1.54, 1.807) is 0 Å². The number of aromatic amines is 1. The normalized spacial score (nSPS) is 41.4. The van der Waals surface area contributed by atoms with Crippen molar-refractivity contribution >= 4 is 49.5 Å². The number of nitrogens with zero attached hydrogens (tertiary/aromatic N) is 7. The van der Waals surface area contributed by atoms with Crippen LogP contribution in [0.2, 0.25) is 0 Å². The van der Waals surface area contributed by atoms with Gasteiger partial charge in [-0.2, -0.15) is 4.98 Å². The first-order chi connectivity index (χ1) is 21.3. The number of phosphoric acid groups is 1. The van der Waals surface area contributed by atoms with Crippen molar-refractivity contribution in [3.05, 3.63) is 29.3 Å². The molecule has 1 aliphatic carbocycles.